The molecular weight excluding hydrogens is 262 g/mol. The number of hydrogen-bond acceptors (Lipinski definition) is 1. The van der Waals surface area contributed by atoms with Gasteiger partial charge in [-0.1, -0.05) is 12.1 Å². The van der Waals surface area contributed by atoms with E-state index in [0.29, 0.717) is 12.6 Å². The maximum absolute atomic E-state index is 12.9. The Kier molecular flexibility index (Phi) is 4.91. The van der Waals surface area contributed by atoms with Crippen molar-refractivity contribution < 1.29 is 17.6 Å². The number of guanidine groups is 1. The van der Waals surface area contributed by atoms with E-state index in [9.17, 15) is 17.6 Å². The van der Waals surface area contributed by atoms with Crippen molar-refractivity contribution in [1.82, 2.24) is 5.32 Å². The number of nitrogens with two attached hydrogens (primary N) is 1. The van der Waals surface area contributed by atoms with Crippen molar-refractivity contribution in [3.05, 3.63) is 47.8 Å². The van der Waals surface area contributed by atoms with Crippen LogP contribution in [0.15, 0.2) is 35.8 Å². The van der Waals surface area contributed by atoms with Crippen LogP contribution in [-0.4, -0.2) is 12.5 Å². The summed E-state index contributed by atoms with van der Waals surface area (Å²) in [7, 11) is 0. The first kappa shape index (κ1) is 15.0. The van der Waals surface area contributed by atoms with E-state index in [2.05, 4.69) is 16.9 Å². The third-order valence-corrected chi connectivity index (χ3v) is 2.22. The van der Waals surface area contributed by atoms with Crippen molar-refractivity contribution in [3.8, 4) is 0 Å². The highest BCUT2D eigenvalue weighted by Crippen LogP contribution is 2.32. The first-order chi connectivity index (χ1) is 8.84. The monoisotopic (exact) mass is 275 g/mol. The van der Waals surface area contributed by atoms with Gasteiger partial charge in [0.1, 0.15) is 5.82 Å². The van der Waals surface area contributed by atoms with Crippen LogP contribution in [0.3, 0.4) is 0 Å². The Morgan fingerprint density at radius 3 is 2.68 bits per heavy atom. The molecule has 19 heavy (non-hydrogen) atoms. The molecule has 0 amide bonds. The molecule has 0 atom stereocenters. The average molecular weight is 275 g/mol. The summed E-state index contributed by atoms with van der Waals surface area (Å²) in [5.41, 5.74) is 4.24. The zero-order valence-corrected chi connectivity index (χ0v) is 9.97. The van der Waals surface area contributed by atoms with Gasteiger partial charge in [0.2, 0.25) is 0 Å². The van der Waals surface area contributed by atoms with Crippen molar-refractivity contribution in [3.63, 3.8) is 0 Å². The van der Waals surface area contributed by atoms with E-state index in [1.54, 1.807) is 0 Å². The molecule has 1 rings (SSSR count). The van der Waals surface area contributed by atoms with Gasteiger partial charge in [0.05, 0.1) is 12.1 Å². The minimum absolute atomic E-state index is 0.00245. The summed E-state index contributed by atoms with van der Waals surface area (Å²) in [5, 5.41) is 2.63. The molecule has 3 N–H and O–H groups in total. The molecule has 0 saturated carbocycles. The van der Waals surface area contributed by atoms with Crippen LogP contribution < -0.4 is 11.1 Å². The van der Waals surface area contributed by atoms with Crippen LogP contribution in [0.1, 0.15) is 11.1 Å². The topological polar surface area (TPSA) is 50.4 Å². The van der Waals surface area contributed by atoms with Gasteiger partial charge in [-0.25, -0.2) is 9.38 Å². The molecular formula is C12H13F4N3. The summed E-state index contributed by atoms with van der Waals surface area (Å²) < 4.78 is 50.9. The fourth-order valence-corrected chi connectivity index (χ4v) is 1.35. The van der Waals surface area contributed by atoms with Crippen LogP contribution in [0.25, 0.3) is 0 Å². The minimum atomic E-state index is -4.63. The number of benzene rings is 1. The lowest BCUT2D eigenvalue weighted by Gasteiger charge is -2.11. The van der Waals surface area contributed by atoms with Crippen LogP contribution in [0.2, 0.25) is 0 Å². The van der Waals surface area contributed by atoms with Gasteiger partial charge in [-0.05, 0) is 17.7 Å². The van der Waals surface area contributed by atoms with E-state index in [4.69, 9.17) is 5.73 Å². The highest BCUT2D eigenvalue weighted by atomic mass is 19.4. The Labute approximate surface area is 107 Å². The number of rotatable bonds is 4. The zero-order valence-electron chi connectivity index (χ0n) is 9.97. The second kappa shape index (κ2) is 6.21. The molecule has 0 radical (unpaired) electrons. The second-order valence-electron chi connectivity index (χ2n) is 3.67. The highest BCUT2D eigenvalue weighted by molar-refractivity contribution is 5.77. The van der Waals surface area contributed by atoms with Gasteiger partial charge >= 0.3 is 6.18 Å². The summed E-state index contributed by atoms with van der Waals surface area (Å²) in [6.07, 6.45) is -3.10. The lowest BCUT2D eigenvalue weighted by atomic mass is 10.1. The SMILES string of the molecule is C=CCNC(N)=NCc1ccc(F)cc1C(F)(F)F. The predicted molar refractivity (Wildman–Crippen MR) is 64.9 cm³/mol. The van der Waals surface area contributed by atoms with Gasteiger partial charge in [0.25, 0.3) is 0 Å². The Morgan fingerprint density at radius 1 is 1.42 bits per heavy atom. The van der Waals surface area contributed by atoms with E-state index in [1.807, 2.05) is 0 Å². The van der Waals surface area contributed by atoms with Gasteiger partial charge < -0.3 is 11.1 Å². The van der Waals surface area contributed by atoms with Crippen molar-refractivity contribution in [2.45, 2.75) is 12.7 Å². The summed E-state index contributed by atoms with van der Waals surface area (Å²) in [6.45, 7) is 3.51. The normalized spacial score (nSPS) is 12.3. The standard InChI is InChI=1S/C12H13F4N3/c1-2-5-18-11(17)19-7-8-3-4-9(13)6-10(8)12(14,15)16/h2-4,6H,1,5,7H2,(H3,17,18,19). The molecule has 0 spiro atoms. The lowest BCUT2D eigenvalue weighted by molar-refractivity contribution is -0.138. The fourth-order valence-electron chi connectivity index (χ4n) is 1.35. The van der Waals surface area contributed by atoms with Gasteiger partial charge in [-0.15, -0.1) is 6.58 Å². The smallest absolute Gasteiger partial charge is 0.370 e. The Balaban J connectivity index is 2.92. The second-order valence-corrected chi connectivity index (χ2v) is 3.67. The van der Waals surface area contributed by atoms with E-state index >= 15 is 0 Å². The van der Waals surface area contributed by atoms with Crippen molar-refractivity contribution in [2.75, 3.05) is 6.54 Å². The molecule has 0 bridgehead atoms. The van der Waals surface area contributed by atoms with E-state index < -0.39 is 17.6 Å². The molecule has 1 aromatic carbocycles. The predicted octanol–water partition coefficient (Wildman–Crippen LogP) is 2.43. The Morgan fingerprint density at radius 2 is 2.11 bits per heavy atom. The molecule has 0 heterocycles. The zero-order chi connectivity index (χ0) is 14.5. The lowest BCUT2D eigenvalue weighted by Crippen LogP contribution is -2.31. The summed E-state index contributed by atoms with van der Waals surface area (Å²) in [4.78, 5) is 3.75. The average Bonchev–Trinajstić information content (AvgIpc) is 2.33. The molecule has 0 fully saturated rings. The molecule has 0 aliphatic heterocycles. The first-order valence-electron chi connectivity index (χ1n) is 5.35. The van der Waals surface area contributed by atoms with Crippen LogP contribution in [0.4, 0.5) is 17.6 Å². The molecule has 3 nitrogen and oxygen atoms in total. The van der Waals surface area contributed by atoms with Crippen molar-refractivity contribution >= 4 is 5.96 Å². The first-order valence-corrected chi connectivity index (χ1v) is 5.35. The highest BCUT2D eigenvalue weighted by Gasteiger charge is 2.33. The van der Waals surface area contributed by atoms with Crippen molar-refractivity contribution in [2.24, 2.45) is 10.7 Å². The largest absolute Gasteiger partial charge is 0.416 e. The number of halogens is 4. The van der Waals surface area contributed by atoms with Crippen LogP contribution in [-0.2, 0) is 12.7 Å². The van der Waals surface area contributed by atoms with E-state index in [1.165, 1.54) is 6.08 Å². The molecule has 0 aromatic heterocycles. The maximum Gasteiger partial charge on any atom is 0.416 e. The number of alkyl halides is 3. The Hall–Kier alpha value is -2.05. The molecule has 0 aliphatic rings. The molecule has 0 aliphatic carbocycles. The third kappa shape index (κ3) is 4.61. The van der Waals surface area contributed by atoms with Crippen LogP contribution >= 0.6 is 0 Å². The maximum atomic E-state index is 12.9. The van der Waals surface area contributed by atoms with Gasteiger partial charge in [0.15, 0.2) is 5.96 Å². The van der Waals surface area contributed by atoms with Gasteiger partial charge in [-0.2, -0.15) is 13.2 Å². The number of nitrogens with zero attached hydrogens (tertiary/aromatic N) is 1. The molecule has 0 saturated heterocycles. The fraction of sp³-hybridized carbons (Fsp3) is 0.250. The van der Waals surface area contributed by atoms with Crippen molar-refractivity contribution in [1.29, 1.82) is 0 Å². The molecule has 7 heteroatoms. The van der Waals surface area contributed by atoms with E-state index in [-0.39, 0.29) is 18.1 Å². The van der Waals surface area contributed by atoms with Gasteiger partial charge in [0, 0.05) is 6.54 Å². The third-order valence-electron chi connectivity index (χ3n) is 2.22. The molecule has 104 valence electrons. The van der Waals surface area contributed by atoms with E-state index in [0.717, 1.165) is 12.1 Å². The number of hydrogen-bond donors (Lipinski definition) is 2. The quantitative estimate of drug-likeness (QED) is 0.384. The Bertz CT molecular complexity index is 480. The summed E-state index contributed by atoms with van der Waals surface area (Å²) >= 11 is 0. The minimum Gasteiger partial charge on any atom is -0.370 e. The van der Waals surface area contributed by atoms with Gasteiger partial charge in [-0.3, -0.25) is 0 Å². The number of nitrogens with one attached hydrogen (secondary N) is 1. The van der Waals surface area contributed by atoms with Crippen LogP contribution in [0, 0.1) is 5.82 Å². The van der Waals surface area contributed by atoms with Crippen LogP contribution in [0.5, 0.6) is 0 Å². The summed E-state index contributed by atoms with van der Waals surface area (Å²) in [6, 6.07) is 2.44. The molecule has 1 aromatic rings. The summed E-state index contributed by atoms with van der Waals surface area (Å²) in [5.74, 6) is -0.949. The molecule has 0 unspecified atom stereocenters. The number of aliphatic imine (C=N–C) groups is 1.